The summed E-state index contributed by atoms with van der Waals surface area (Å²) in [6.07, 6.45) is -7.12. The SMILES string of the molecule is N#CC(C#N)=C1C(c2cnc(C(F)(F)F)nc2)=C(C#N)c2c1cc1c(c2C#N)C(C#N)=C(c2cnc(C(F)(F)F)nc2)C1=C(C#N)C#N. The Morgan fingerprint density at radius 3 is 1.10 bits per heavy atom. The number of nitriles is 7. The van der Waals surface area contributed by atoms with Gasteiger partial charge in [-0.1, -0.05) is 0 Å². The maximum atomic E-state index is 13.2. The lowest BCUT2D eigenvalue weighted by molar-refractivity contribution is -0.145. The summed E-state index contributed by atoms with van der Waals surface area (Å²) in [6, 6.07) is 13.2. The zero-order valence-corrected chi connectivity index (χ0v) is 23.1. The van der Waals surface area contributed by atoms with Gasteiger partial charge in [0.1, 0.15) is 53.6 Å². The number of hydrogen-bond acceptors (Lipinski definition) is 11. The average Bonchev–Trinajstić information content (AvgIpc) is 3.57. The van der Waals surface area contributed by atoms with E-state index in [1.165, 1.54) is 0 Å². The van der Waals surface area contributed by atoms with Gasteiger partial charge in [-0.25, -0.2) is 19.9 Å². The number of nitrogens with zero attached hydrogens (tertiary/aromatic N) is 11. The van der Waals surface area contributed by atoms with Crippen LogP contribution < -0.4 is 0 Å². The Bertz CT molecular complexity index is 2220. The van der Waals surface area contributed by atoms with Crippen molar-refractivity contribution in [3.63, 3.8) is 0 Å². The van der Waals surface area contributed by atoms with Crippen LogP contribution in [-0.2, 0) is 12.4 Å². The summed E-state index contributed by atoms with van der Waals surface area (Å²) in [4.78, 5) is 13.1. The van der Waals surface area contributed by atoms with Crippen LogP contribution in [0.15, 0.2) is 42.0 Å². The topological polar surface area (TPSA) is 218 Å². The Balaban J connectivity index is 1.95. The van der Waals surface area contributed by atoms with E-state index in [9.17, 15) is 63.2 Å². The van der Waals surface area contributed by atoms with Gasteiger partial charge in [0.2, 0.25) is 11.6 Å². The van der Waals surface area contributed by atoms with Crippen LogP contribution in [0.25, 0.3) is 33.4 Å². The van der Waals surface area contributed by atoms with E-state index in [0.29, 0.717) is 24.8 Å². The molecule has 0 aliphatic heterocycles. The van der Waals surface area contributed by atoms with Crippen LogP contribution in [0.2, 0.25) is 0 Å². The maximum Gasteiger partial charge on any atom is 0.451 e. The predicted octanol–water partition coefficient (Wildman–Crippen LogP) is 5.67. The minimum Gasteiger partial charge on any atom is -0.232 e. The van der Waals surface area contributed by atoms with Gasteiger partial charge in [0.05, 0.1) is 16.7 Å². The molecule has 0 spiro atoms. The highest BCUT2D eigenvalue weighted by atomic mass is 19.4. The fourth-order valence-corrected chi connectivity index (χ4v) is 5.28. The number of aromatic nitrogens is 4. The van der Waals surface area contributed by atoms with Gasteiger partial charge in [0.15, 0.2) is 0 Å². The second-order valence-corrected chi connectivity index (χ2v) is 9.47. The largest absolute Gasteiger partial charge is 0.451 e. The number of benzene rings is 1. The zero-order chi connectivity index (χ0) is 35.1. The minimum absolute atomic E-state index is 0.190. The Kier molecular flexibility index (Phi) is 7.52. The molecule has 2 aliphatic carbocycles. The van der Waals surface area contributed by atoms with Crippen LogP contribution in [0.3, 0.4) is 0 Å². The quantitative estimate of drug-likeness (QED) is 0.244. The second-order valence-electron chi connectivity index (χ2n) is 9.47. The van der Waals surface area contributed by atoms with Gasteiger partial charge in [-0.05, 0) is 17.2 Å². The highest BCUT2D eigenvalue weighted by Crippen LogP contribution is 2.56. The van der Waals surface area contributed by atoms with Crippen molar-refractivity contribution in [2.24, 2.45) is 0 Å². The third-order valence-electron chi connectivity index (χ3n) is 7.04. The van der Waals surface area contributed by atoms with E-state index in [4.69, 9.17) is 0 Å². The summed E-state index contributed by atoms with van der Waals surface area (Å²) in [5, 5.41) is 70.4. The molecule has 0 radical (unpaired) electrons. The molecule has 3 aromatic rings. The molecule has 48 heavy (non-hydrogen) atoms. The third kappa shape index (κ3) is 4.73. The number of halogens is 6. The number of allylic oxidation sites excluding steroid dienone is 8. The van der Waals surface area contributed by atoms with Gasteiger partial charge < -0.3 is 0 Å². The minimum atomic E-state index is -4.95. The first-order valence-electron chi connectivity index (χ1n) is 12.6. The van der Waals surface area contributed by atoms with Crippen molar-refractivity contribution < 1.29 is 26.3 Å². The molecular formula is C31H5F6N11. The molecule has 0 unspecified atom stereocenters. The van der Waals surface area contributed by atoms with Crippen molar-refractivity contribution >= 4 is 33.4 Å². The molecule has 0 fully saturated rings. The van der Waals surface area contributed by atoms with Gasteiger partial charge in [-0.2, -0.15) is 63.2 Å². The van der Waals surface area contributed by atoms with E-state index in [1.54, 1.807) is 24.3 Å². The van der Waals surface area contributed by atoms with Crippen molar-refractivity contribution in [2.75, 3.05) is 0 Å². The summed E-state index contributed by atoms with van der Waals surface area (Å²) in [5.74, 6) is -3.08. The molecule has 2 aromatic heterocycles. The Morgan fingerprint density at radius 2 is 0.854 bits per heavy atom. The fraction of sp³-hybridized carbons (Fsp3) is 0.0645. The molecule has 0 saturated carbocycles. The molecule has 17 heteroatoms. The molecule has 5 rings (SSSR count). The summed E-state index contributed by atoms with van der Waals surface area (Å²) in [6.45, 7) is 0. The second kappa shape index (κ2) is 11.4. The van der Waals surface area contributed by atoms with E-state index < -0.39 is 51.9 Å². The first-order valence-corrected chi connectivity index (χ1v) is 12.6. The maximum absolute atomic E-state index is 13.2. The van der Waals surface area contributed by atoms with Crippen molar-refractivity contribution in [3.05, 3.63) is 92.6 Å². The third-order valence-corrected chi connectivity index (χ3v) is 7.04. The van der Waals surface area contributed by atoms with Crippen molar-refractivity contribution in [1.29, 1.82) is 36.8 Å². The molecule has 0 bridgehead atoms. The normalized spacial score (nSPS) is 13.2. The van der Waals surface area contributed by atoms with Crippen LogP contribution in [0.1, 0.15) is 50.6 Å². The molecule has 0 N–H and O–H groups in total. The molecular weight excluding hydrogens is 640 g/mol. The monoisotopic (exact) mass is 645 g/mol. The molecule has 226 valence electrons. The number of hydrogen-bond donors (Lipinski definition) is 0. The van der Waals surface area contributed by atoms with Gasteiger partial charge in [0, 0.05) is 69.3 Å². The van der Waals surface area contributed by atoms with Crippen LogP contribution in [0.5, 0.6) is 0 Å². The van der Waals surface area contributed by atoms with E-state index in [-0.39, 0.29) is 55.7 Å². The lowest BCUT2D eigenvalue weighted by Crippen LogP contribution is -2.10. The lowest BCUT2D eigenvalue weighted by atomic mass is 9.87. The molecule has 2 heterocycles. The summed E-state index contributed by atoms with van der Waals surface area (Å²) >= 11 is 0. The molecule has 0 saturated heterocycles. The van der Waals surface area contributed by atoms with E-state index >= 15 is 0 Å². The average molecular weight is 645 g/mol. The van der Waals surface area contributed by atoms with Gasteiger partial charge >= 0.3 is 12.4 Å². The molecule has 0 amide bonds. The van der Waals surface area contributed by atoms with E-state index in [1.807, 2.05) is 18.2 Å². The van der Waals surface area contributed by atoms with Crippen LogP contribution in [-0.4, -0.2) is 19.9 Å². The van der Waals surface area contributed by atoms with Crippen LogP contribution in [0.4, 0.5) is 26.3 Å². The first kappa shape index (κ1) is 31.8. The lowest BCUT2D eigenvalue weighted by Gasteiger charge is -2.13. The van der Waals surface area contributed by atoms with Gasteiger partial charge in [-0.15, -0.1) is 0 Å². The molecule has 1 aromatic carbocycles. The van der Waals surface area contributed by atoms with Crippen LogP contribution in [0, 0.1) is 79.3 Å². The first-order chi connectivity index (χ1) is 22.8. The summed E-state index contributed by atoms with van der Waals surface area (Å²) in [7, 11) is 0. The highest BCUT2D eigenvalue weighted by molar-refractivity contribution is 6.30. The standard InChI is InChI=1S/C31H5F6N11/c32-30(33,34)28-45-9-15(10-46-28)24-19(6-42)26-17(22(24)13(2-38)3-39)1-18-23(14(4-40)5-41)25(20(7-43)27(18)21(26)8-44)16-11-47-29(48-12-16)31(35,36)37/h1,9-12H. The molecule has 11 nitrogen and oxygen atoms in total. The number of rotatable bonds is 2. The van der Waals surface area contributed by atoms with E-state index in [0.717, 1.165) is 6.07 Å². The Hall–Kier alpha value is -7.65. The number of alkyl halides is 6. The van der Waals surface area contributed by atoms with Crippen molar-refractivity contribution in [2.45, 2.75) is 12.4 Å². The van der Waals surface area contributed by atoms with Gasteiger partial charge in [0.25, 0.3) is 0 Å². The van der Waals surface area contributed by atoms with Gasteiger partial charge in [-0.3, -0.25) is 0 Å². The smallest absolute Gasteiger partial charge is 0.232 e. The molecule has 2 aliphatic rings. The van der Waals surface area contributed by atoms with Crippen molar-refractivity contribution in [1.82, 2.24) is 19.9 Å². The summed E-state index contributed by atoms with van der Waals surface area (Å²) < 4.78 is 79.2. The predicted molar refractivity (Wildman–Crippen MR) is 146 cm³/mol. The van der Waals surface area contributed by atoms with E-state index in [2.05, 4.69) is 19.9 Å². The van der Waals surface area contributed by atoms with Crippen LogP contribution >= 0.6 is 0 Å². The zero-order valence-electron chi connectivity index (χ0n) is 23.1. The van der Waals surface area contributed by atoms with Crippen molar-refractivity contribution in [3.8, 4) is 42.5 Å². The molecule has 0 atom stereocenters. The number of fused-ring (bicyclic) bond motifs is 2. The Labute approximate surface area is 264 Å². The Morgan fingerprint density at radius 1 is 0.521 bits per heavy atom. The fourth-order valence-electron chi connectivity index (χ4n) is 5.28. The summed E-state index contributed by atoms with van der Waals surface area (Å²) in [5.41, 5.74) is -5.37. The highest BCUT2D eigenvalue weighted by Gasteiger charge is 2.42.